The zero-order chi connectivity index (χ0) is 15.3. The summed E-state index contributed by atoms with van der Waals surface area (Å²) in [6, 6.07) is 0. The topological polar surface area (TPSA) is 89.5 Å². The minimum absolute atomic E-state index is 0.0157. The molecule has 1 spiro atoms. The zero-order valence-electron chi connectivity index (χ0n) is 12.2. The Morgan fingerprint density at radius 3 is 1.48 bits per heavy atom. The molecular weight excluding hydrogens is 300 g/mol. The summed E-state index contributed by atoms with van der Waals surface area (Å²) in [5.74, 6) is -0.687. The second-order valence-corrected chi connectivity index (χ2v) is 7.24. The maximum absolute atomic E-state index is 10.7. The summed E-state index contributed by atoms with van der Waals surface area (Å²) in [7, 11) is -3.05. The van der Waals surface area contributed by atoms with E-state index in [1.165, 1.54) is 13.8 Å². The van der Waals surface area contributed by atoms with Gasteiger partial charge < -0.3 is 27.2 Å². The molecule has 0 amide bonds. The number of hydrogen-bond acceptors (Lipinski definition) is 8. The van der Waals surface area contributed by atoms with Crippen molar-refractivity contribution < 1.29 is 36.8 Å². The fourth-order valence-electron chi connectivity index (χ4n) is 1.89. The minimum Gasteiger partial charge on any atom is -0.465 e. The Hall–Kier alpha value is -1.00. The second kappa shape index (κ2) is 7.32. The molecule has 2 rings (SSSR count). The molecule has 0 aliphatic carbocycles. The molecule has 21 heavy (non-hydrogen) atoms. The normalized spacial score (nSPS) is 32.7. The van der Waals surface area contributed by atoms with Crippen LogP contribution in [0.2, 0.25) is 0 Å². The van der Waals surface area contributed by atoms with Crippen LogP contribution in [-0.4, -0.2) is 60.6 Å². The lowest BCUT2D eigenvalue weighted by atomic mass is 10.2. The van der Waals surface area contributed by atoms with Gasteiger partial charge in [-0.3, -0.25) is 9.59 Å². The van der Waals surface area contributed by atoms with Gasteiger partial charge in [-0.1, -0.05) is 0 Å². The first-order valence-corrected chi connectivity index (χ1v) is 8.45. The molecule has 2 saturated heterocycles. The van der Waals surface area contributed by atoms with Crippen LogP contribution in [0.15, 0.2) is 0 Å². The molecule has 0 atom stereocenters. The third-order valence-electron chi connectivity index (χ3n) is 3.03. The van der Waals surface area contributed by atoms with Crippen molar-refractivity contribution in [3.8, 4) is 0 Å². The van der Waals surface area contributed by atoms with Gasteiger partial charge in [-0.05, 0) is 0 Å². The van der Waals surface area contributed by atoms with Crippen molar-refractivity contribution >= 4 is 21.0 Å². The van der Waals surface area contributed by atoms with Gasteiger partial charge in [0, 0.05) is 52.1 Å². The van der Waals surface area contributed by atoms with E-state index in [1.54, 1.807) is 0 Å². The molecule has 2 heterocycles. The second-order valence-electron chi connectivity index (χ2n) is 5.08. The van der Waals surface area contributed by atoms with E-state index in [-0.39, 0.29) is 37.0 Å². The molecule has 9 heteroatoms. The molecule has 8 nitrogen and oxygen atoms in total. The number of rotatable bonds is 4. The monoisotopic (exact) mass is 320 g/mol. The number of ether oxygens (including phenoxy) is 2. The van der Waals surface area contributed by atoms with E-state index >= 15 is 0 Å². The smallest absolute Gasteiger partial charge is 0.465 e. The van der Waals surface area contributed by atoms with Crippen LogP contribution in [0.4, 0.5) is 0 Å². The largest absolute Gasteiger partial charge is 0.679 e. The molecule has 0 saturated carbocycles. The highest BCUT2D eigenvalue weighted by atomic mass is 28.4. The van der Waals surface area contributed by atoms with E-state index in [1.807, 2.05) is 0 Å². The molecule has 2 fully saturated rings. The van der Waals surface area contributed by atoms with Crippen LogP contribution in [-0.2, 0) is 36.8 Å². The summed E-state index contributed by atoms with van der Waals surface area (Å²) in [4.78, 5) is 21.5. The van der Waals surface area contributed by atoms with Gasteiger partial charge in [0.05, 0.1) is 13.2 Å². The lowest BCUT2D eigenvalue weighted by molar-refractivity contribution is -0.152. The van der Waals surface area contributed by atoms with Gasteiger partial charge in [-0.15, -0.1) is 0 Å². The Labute approximate surface area is 124 Å². The predicted molar refractivity (Wildman–Crippen MR) is 69.8 cm³/mol. The van der Waals surface area contributed by atoms with E-state index in [0.29, 0.717) is 26.4 Å². The highest BCUT2D eigenvalue weighted by molar-refractivity contribution is 6.53. The minimum atomic E-state index is -3.05. The zero-order valence-corrected chi connectivity index (χ0v) is 13.2. The quantitative estimate of drug-likeness (QED) is 0.523. The molecule has 2 aliphatic heterocycles. The first kappa shape index (κ1) is 16.4. The Balaban J connectivity index is 1.70. The Morgan fingerprint density at radius 2 is 1.19 bits per heavy atom. The van der Waals surface area contributed by atoms with E-state index in [9.17, 15) is 9.59 Å². The molecule has 0 bridgehead atoms. The van der Waals surface area contributed by atoms with Crippen molar-refractivity contribution in [2.45, 2.75) is 13.8 Å². The first-order chi connectivity index (χ1) is 9.99. The molecule has 0 aromatic heterocycles. The number of carbonyl (C=O) groups excluding carboxylic acids is 2. The van der Waals surface area contributed by atoms with Gasteiger partial charge in [-0.2, -0.15) is 0 Å². The van der Waals surface area contributed by atoms with E-state index in [0.717, 1.165) is 0 Å². The highest BCUT2D eigenvalue weighted by Crippen LogP contribution is 2.25. The van der Waals surface area contributed by atoms with Gasteiger partial charge in [-0.25, -0.2) is 0 Å². The number of carbonyl (C=O) groups is 2. The van der Waals surface area contributed by atoms with Crippen LogP contribution in [0.1, 0.15) is 13.8 Å². The van der Waals surface area contributed by atoms with Crippen LogP contribution >= 0.6 is 0 Å². The predicted octanol–water partition coefficient (Wildman–Crippen LogP) is -0.126. The molecule has 120 valence electrons. The van der Waals surface area contributed by atoms with Crippen molar-refractivity contribution in [2.24, 2.45) is 11.8 Å². The van der Waals surface area contributed by atoms with Crippen molar-refractivity contribution in [3.63, 3.8) is 0 Å². The third-order valence-corrected chi connectivity index (χ3v) is 5.11. The molecule has 2 aliphatic rings. The summed E-state index contributed by atoms with van der Waals surface area (Å²) in [5.41, 5.74) is 0. The van der Waals surface area contributed by atoms with Gasteiger partial charge >= 0.3 is 21.0 Å². The van der Waals surface area contributed by atoms with Crippen LogP contribution < -0.4 is 0 Å². The average molecular weight is 320 g/mol. The Bertz CT molecular complexity index is 332. The van der Waals surface area contributed by atoms with Crippen LogP contribution in [0.25, 0.3) is 0 Å². The molecule has 0 unspecified atom stereocenters. The van der Waals surface area contributed by atoms with Gasteiger partial charge in [0.15, 0.2) is 0 Å². The fraction of sp³-hybridized carbons (Fsp3) is 0.833. The van der Waals surface area contributed by atoms with E-state index in [2.05, 4.69) is 0 Å². The molecular formula is C12H20O8Si. The standard InChI is InChI=1S/C12H20O8Si/c1-9(13)15-3-11-5-17-21(18-6-11)19-7-12(8-20-21)4-16-10(2)14/h11-12H,3-8H2,1-2H3. The van der Waals surface area contributed by atoms with Crippen LogP contribution in [0, 0.1) is 11.8 Å². The average Bonchev–Trinajstić information content (AvgIpc) is 2.46. The van der Waals surface area contributed by atoms with Gasteiger partial charge in [0.1, 0.15) is 0 Å². The maximum atomic E-state index is 10.7. The summed E-state index contributed by atoms with van der Waals surface area (Å²) >= 11 is 0. The Morgan fingerprint density at radius 1 is 0.857 bits per heavy atom. The van der Waals surface area contributed by atoms with Crippen molar-refractivity contribution in [3.05, 3.63) is 0 Å². The van der Waals surface area contributed by atoms with E-state index in [4.69, 9.17) is 27.2 Å². The highest BCUT2D eigenvalue weighted by Gasteiger charge is 2.52. The molecule has 0 radical (unpaired) electrons. The van der Waals surface area contributed by atoms with Gasteiger partial charge in [0.2, 0.25) is 0 Å². The SMILES string of the molecule is CC(=O)OCC1CO[Si]2(OC1)OCC(COC(C)=O)CO2. The first-order valence-electron chi connectivity index (χ1n) is 6.81. The maximum Gasteiger partial charge on any atom is 0.679 e. The lowest BCUT2D eigenvalue weighted by Gasteiger charge is -2.39. The summed E-state index contributed by atoms with van der Waals surface area (Å²) in [6.07, 6.45) is 0. The molecule has 0 aromatic rings. The van der Waals surface area contributed by atoms with E-state index < -0.39 is 9.05 Å². The molecule has 0 N–H and O–H groups in total. The summed E-state index contributed by atoms with van der Waals surface area (Å²) in [5, 5.41) is 0. The van der Waals surface area contributed by atoms with Gasteiger partial charge in [0.25, 0.3) is 0 Å². The number of esters is 2. The van der Waals surface area contributed by atoms with Crippen molar-refractivity contribution in [1.29, 1.82) is 0 Å². The molecule has 0 aromatic carbocycles. The summed E-state index contributed by atoms with van der Waals surface area (Å²) < 4.78 is 32.2. The van der Waals surface area contributed by atoms with Crippen molar-refractivity contribution in [2.75, 3.05) is 39.6 Å². The van der Waals surface area contributed by atoms with Crippen LogP contribution in [0.5, 0.6) is 0 Å². The lowest BCUT2D eigenvalue weighted by Crippen LogP contribution is -2.59. The fourth-order valence-corrected chi connectivity index (χ4v) is 4.15. The third kappa shape index (κ3) is 5.04. The van der Waals surface area contributed by atoms with Crippen molar-refractivity contribution in [1.82, 2.24) is 0 Å². The number of hydrogen-bond donors (Lipinski definition) is 0. The summed E-state index contributed by atoms with van der Waals surface area (Å²) in [6.45, 7) is 4.71. The van der Waals surface area contributed by atoms with Crippen LogP contribution in [0.3, 0.4) is 0 Å². The Kier molecular flexibility index (Phi) is 5.70.